The van der Waals surface area contributed by atoms with Crippen LogP contribution in [0.3, 0.4) is 0 Å². The smallest absolute Gasteiger partial charge is 0.241 e. The van der Waals surface area contributed by atoms with E-state index < -0.39 is 0 Å². The van der Waals surface area contributed by atoms with E-state index in [0.29, 0.717) is 18.7 Å². The molecule has 0 bridgehead atoms. The topological polar surface area (TPSA) is 59.4 Å². The monoisotopic (exact) mass is 338 g/mol. The van der Waals surface area contributed by atoms with Crippen molar-refractivity contribution in [2.24, 2.45) is 0 Å². The van der Waals surface area contributed by atoms with E-state index in [4.69, 9.17) is 5.26 Å². The number of halogens is 1. The van der Waals surface area contributed by atoms with Gasteiger partial charge >= 0.3 is 0 Å². The summed E-state index contributed by atoms with van der Waals surface area (Å²) in [6.45, 7) is 2.92. The Morgan fingerprint density at radius 1 is 1.12 bits per heavy atom. The van der Waals surface area contributed by atoms with Gasteiger partial charge in [-0.3, -0.25) is 4.79 Å². The van der Waals surface area contributed by atoms with Crippen LogP contribution in [0.25, 0.3) is 0 Å². The maximum atomic E-state index is 13.0. The summed E-state index contributed by atoms with van der Waals surface area (Å²) < 4.78 is 13.0. The second-order valence-electron chi connectivity index (χ2n) is 5.89. The molecule has 1 aliphatic rings. The summed E-state index contributed by atoms with van der Waals surface area (Å²) in [5.74, 6) is -0.217. The minimum Gasteiger partial charge on any atom is -0.376 e. The number of rotatable bonds is 4. The lowest BCUT2D eigenvalue weighted by atomic mass is 10.2. The highest BCUT2D eigenvalue weighted by atomic mass is 19.1. The molecule has 1 N–H and O–H groups in total. The van der Waals surface area contributed by atoms with Crippen LogP contribution in [0.4, 0.5) is 15.8 Å². The lowest BCUT2D eigenvalue weighted by Crippen LogP contribution is -2.50. The molecule has 1 fully saturated rings. The van der Waals surface area contributed by atoms with Gasteiger partial charge in [0, 0.05) is 37.6 Å². The molecular weight excluding hydrogens is 319 g/mol. The van der Waals surface area contributed by atoms with Crippen molar-refractivity contribution in [3.8, 4) is 6.07 Å². The van der Waals surface area contributed by atoms with Crippen LogP contribution in [0.5, 0.6) is 0 Å². The van der Waals surface area contributed by atoms with Crippen LogP contribution < -0.4 is 10.2 Å². The SMILES string of the molecule is N#Cc1cccc(NCC(=O)N2CCN(c3ccc(F)cc3)CC2)c1. The van der Waals surface area contributed by atoms with Gasteiger partial charge in [-0.05, 0) is 42.5 Å². The lowest BCUT2D eigenvalue weighted by Gasteiger charge is -2.36. The number of amides is 1. The molecule has 1 heterocycles. The molecule has 2 aromatic rings. The molecule has 128 valence electrons. The second-order valence-corrected chi connectivity index (χ2v) is 5.89. The van der Waals surface area contributed by atoms with Crippen molar-refractivity contribution in [2.45, 2.75) is 0 Å². The van der Waals surface area contributed by atoms with Crippen LogP contribution in [-0.2, 0) is 4.79 Å². The fourth-order valence-corrected chi connectivity index (χ4v) is 2.85. The highest BCUT2D eigenvalue weighted by molar-refractivity contribution is 5.81. The standard InChI is InChI=1S/C19H19FN4O/c20-16-4-6-18(7-5-16)23-8-10-24(11-9-23)19(25)14-22-17-3-1-2-15(12-17)13-21/h1-7,12,22H,8-11,14H2. The quantitative estimate of drug-likeness (QED) is 0.930. The lowest BCUT2D eigenvalue weighted by molar-refractivity contribution is -0.129. The van der Waals surface area contributed by atoms with Gasteiger partial charge in [0.25, 0.3) is 0 Å². The van der Waals surface area contributed by atoms with Gasteiger partial charge in [-0.1, -0.05) is 6.07 Å². The van der Waals surface area contributed by atoms with Crippen molar-refractivity contribution in [3.05, 3.63) is 59.9 Å². The maximum absolute atomic E-state index is 13.0. The van der Waals surface area contributed by atoms with Gasteiger partial charge in [-0.2, -0.15) is 5.26 Å². The van der Waals surface area contributed by atoms with E-state index in [2.05, 4.69) is 16.3 Å². The second kappa shape index (κ2) is 7.67. The number of carbonyl (C=O) groups excluding carboxylic acids is 1. The van der Waals surface area contributed by atoms with Crippen molar-refractivity contribution < 1.29 is 9.18 Å². The molecule has 0 aliphatic carbocycles. The van der Waals surface area contributed by atoms with Crippen molar-refractivity contribution in [1.29, 1.82) is 5.26 Å². The summed E-state index contributed by atoms with van der Waals surface area (Å²) in [7, 11) is 0. The summed E-state index contributed by atoms with van der Waals surface area (Å²) in [4.78, 5) is 16.3. The normalized spacial score (nSPS) is 14.1. The van der Waals surface area contributed by atoms with E-state index in [-0.39, 0.29) is 18.3 Å². The minimum atomic E-state index is -0.246. The first kappa shape index (κ1) is 16.8. The van der Waals surface area contributed by atoms with E-state index in [1.165, 1.54) is 12.1 Å². The third-order valence-electron chi connectivity index (χ3n) is 4.26. The molecule has 0 saturated carbocycles. The first-order valence-electron chi connectivity index (χ1n) is 8.18. The molecule has 1 aliphatic heterocycles. The summed E-state index contributed by atoms with van der Waals surface area (Å²) in [6, 6.07) is 15.6. The Labute approximate surface area is 146 Å². The van der Waals surface area contributed by atoms with Crippen LogP contribution in [0.15, 0.2) is 48.5 Å². The molecule has 0 aromatic heterocycles. The number of anilines is 2. The highest BCUT2D eigenvalue weighted by Crippen LogP contribution is 2.17. The van der Waals surface area contributed by atoms with Crippen molar-refractivity contribution in [2.75, 3.05) is 42.9 Å². The molecule has 3 rings (SSSR count). The van der Waals surface area contributed by atoms with E-state index in [1.54, 1.807) is 30.3 Å². The van der Waals surface area contributed by atoms with Crippen LogP contribution in [0.2, 0.25) is 0 Å². The zero-order valence-corrected chi connectivity index (χ0v) is 13.8. The molecule has 6 heteroatoms. The van der Waals surface area contributed by atoms with Gasteiger partial charge in [-0.25, -0.2) is 4.39 Å². The first-order chi connectivity index (χ1) is 12.2. The van der Waals surface area contributed by atoms with E-state index in [9.17, 15) is 9.18 Å². The highest BCUT2D eigenvalue weighted by Gasteiger charge is 2.21. The number of hydrogen-bond acceptors (Lipinski definition) is 4. The van der Waals surface area contributed by atoms with E-state index in [0.717, 1.165) is 24.5 Å². The fraction of sp³-hybridized carbons (Fsp3) is 0.263. The number of nitrogens with zero attached hydrogens (tertiary/aromatic N) is 3. The number of benzene rings is 2. The van der Waals surface area contributed by atoms with Crippen LogP contribution in [0.1, 0.15) is 5.56 Å². The Hall–Kier alpha value is -3.07. The molecule has 1 amide bonds. The average molecular weight is 338 g/mol. The summed E-state index contributed by atoms with van der Waals surface area (Å²) >= 11 is 0. The first-order valence-corrected chi connectivity index (χ1v) is 8.18. The number of nitrogens with one attached hydrogen (secondary N) is 1. The molecule has 0 atom stereocenters. The Kier molecular flexibility index (Phi) is 5.14. The van der Waals surface area contributed by atoms with Crippen molar-refractivity contribution >= 4 is 17.3 Å². The summed E-state index contributed by atoms with van der Waals surface area (Å²) in [6.07, 6.45) is 0. The van der Waals surface area contributed by atoms with Gasteiger partial charge in [-0.15, -0.1) is 0 Å². The summed E-state index contributed by atoms with van der Waals surface area (Å²) in [5.41, 5.74) is 2.29. The fourth-order valence-electron chi connectivity index (χ4n) is 2.85. The number of nitriles is 1. The molecule has 5 nitrogen and oxygen atoms in total. The zero-order valence-electron chi connectivity index (χ0n) is 13.8. The van der Waals surface area contributed by atoms with Gasteiger partial charge in [0.15, 0.2) is 0 Å². The average Bonchev–Trinajstić information content (AvgIpc) is 2.67. The molecule has 0 spiro atoms. The molecule has 0 radical (unpaired) electrons. The predicted octanol–water partition coefficient (Wildman–Crippen LogP) is 2.46. The summed E-state index contributed by atoms with van der Waals surface area (Å²) in [5, 5.41) is 12.0. The van der Waals surface area contributed by atoms with Gasteiger partial charge < -0.3 is 15.1 Å². The third-order valence-corrected chi connectivity index (χ3v) is 4.26. The maximum Gasteiger partial charge on any atom is 0.241 e. The molecule has 1 saturated heterocycles. The Bertz CT molecular complexity index is 777. The predicted molar refractivity (Wildman–Crippen MR) is 94.8 cm³/mol. The van der Waals surface area contributed by atoms with Crippen molar-refractivity contribution in [1.82, 2.24) is 4.90 Å². The minimum absolute atomic E-state index is 0.0288. The third kappa shape index (κ3) is 4.27. The zero-order chi connectivity index (χ0) is 17.6. The molecule has 2 aromatic carbocycles. The van der Waals surface area contributed by atoms with Crippen molar-refractivity contribution in [3.63, 3.8) is 0 Å². The Balaban J connectivity index is 1.49. The number of hydrogen-bond donors (Lipinski definition) is 1. The Morgan fingerprint density at radius 2 is 1.84 bits per heavy atom. The largest absolute Gasteiger partial charge is 0.376 e. The van der Waals surface area contributed by atoms with Crippen LogP contribution in [0, 0.1) is 17.1 Å². The molecule has 25 heavy (non-hydrogen) atoms. The number of piperazine rings is 1. The van der Waals surface area contributed by atoms with E-state index >= 15 is 0 Å². The molecular formula is C19H19FN4O. The van der Waals surface area contributed by atoms with Crippen LogP contribution >= 0.6 is 0 Å². The van der Waals surface area contributed by atoms with Gasteiger partial charge in [0.2, 0.25) is 5.91 Å². The molecule has 0 unspecified atom stereocenters. The van der Waals surface area contributed by atoms with Gasteiger partial charge in [0.05, 0.1) is 18.2 Å². The van der Waals surface area contributed by atoms with Crippen LogP contribution in [-0.4, -0.2) is 43.5 Å². The van der Waals surface area contributed by atoms with Gasteiger partial charge in [0.1, 0.15) is 5.82 Å². The number of carbonyl (C=O) groups is 1. The van der Waals surface area contributed by atoms with E-state index in [1.807, 2.05) is 11.0 Å². The Morgan fingerprint density at radius 3 is 2.52 bits per heavy atom.